The highest BCUT2D eigenvalue weighted by Crippen LogP contribution is 2.32. The van der Waals surface area contributed by atoms with Crippen molar-refractivity contribution in [2.45, 2.75) is 38.3 Å². The van der Waals surface area contributed by atoms with E-state index < -0.39 is 11.5 Å². The van der Waals surface area contributed by atoms with Gasteiger partial charge >= 0.3 is 5.97 Å². The molecule has 1 aliphatic carbocycles. The molecule has 0 aliphatic heterocycles. The third-order valence-corrected chi connectivity index (χ3v) is 4.55. The molecule has 130 valence electrons. The fourth-order valence-electron chi connectivity index (χ4n) is 2.91. The summed E-state index contributed by atoms with van der Waals surface area (Å²) in [6.07, 6.45) is 1.75. The molecular weight excluding hydrogens is 318 g/mol. The van der Waals surface area contributed by atoms with Crippen LogP contribution >= 0.6 is 0 Å². The van der Waals surface area contributed by atoms with Gasteiger partial charge in [-0.3, -0.25) is 4.79 Å². The van der Waals surface area contributed by atoms with Gasteiger partial charge in [0.05, 0.1) is 0 Å². The Balaban J connectivity index is 1.66. The molecule has 5 heteroatoms. The van der Waals surface area contributed by atoms with E-state index in [1.165, 1.54) is 0 Å². The summed E-state index contributed by atoms with van der Waals surface area (Å²) in [5.41, 5.74) is 1.49. The molecule has 5 nitrogen and oxygen atoms in total. The van der Waals surface area contributed by atoms with Crippen LogP contribution in [0.2, 0.25) is 0 Å². The molecule has 1 aliphatic rings. The molecule has 3 rings (SSSR count). The number of amides is 1. The van der Waals surface area contributed by atoms with Crippen LogP contribution in [0.25, 0.3) is 0 Å². The molecule has 0 aromatic heterocycles. The van der Waals surface area contributed by atoms with E-state index in [-0.39, 0.29) is 5.91 Å². The van der Waals surface area contributed by atoms with Gasteiger partial charge in [-0.1, -0.05) is 35.9 Å². The Labute approximate surface area is 146 Å². The largest absolute Gasteiger partial charge is 0.489 e. The number of carboxylic acid groups (broad SMARTS) is 1. The highest BCUT2D eigenvalue weighted by Gasteiger charge is 2.45. The SMILES string of the molecule is Cc1cccc(COc2cccc(C(=O)NC3(C(=O)O)CCC3)c2)c1. The molecule has 0 radical (unpaired) electrons. The molecule has 0 spiro atoms. The zero-order chi connectivity index (χ0) is 17.9. The number of rotatable bonds is 6. The number of aliphatic carboxylic acids is 1. The second kappa shape index (κ2) is 6.97. The van der Waals surface area contributed by atoms with Crippen LogP contribution in [0.15, 0.2) is 48.5 Å². The number of benzene rings is 2. The van der Waals surface area contributed by atoms with Gasteiger partial charge in [0.25, 0.3) is 5.91 Å². The first-order chi connectivity index (χ1) is 12.0. The van der Waals surface area contributed by atoms with E-state index in [9.17, 15) is 14.7 Å². The summed E-state index contributed by atoms with van der Waals surface area (Å²) in [6, 6.07) is 14.8. The first-order valence-corrected chi connectivity index (χ1v) is 8.33. The molecule has 25 heavy (non-hydrogen) atoms. The summed E-state index contributed by atoms with van der Waals surface area (Å²) >= 11 is 0. The molecule has 0 saturated heterocycles. The maximum atomic E-state index is 12.4. The summed E-state index contributed by atoms with van der Waals surface area (Å²) in [7, 11) is 0. The van der Waals surface area contributed by atoms with Crippen molar-refractivity contribution in [2.24, 2.45) is 0 Å². The van der Waals surface area contributed by atoms with Gasteiger partial charge in [0.15, 0.2) is 0 Å². The molecule has 2 aromatic carbocycles. The minimum atomic E-state index is -1.12. The zero-order valence-corrected chi connectivity index (χ0v) is 14.1. The molecular formula is C20H21NO4. The predicted molar refractivity (Wildman–Crippen MR) is 93.6 cm³/mol. The Morgan fingerprint density at radius 3 is 2.56 bits per heavy atom. The van der Waals surface area contributed by atoms with E-state index in [4.69, 9.17) is 4.74 Å². The number of carbonyl (C=O) groups excluding carboxylic acids is 1. The minimum Gasteiger partial charge on any atom is -0.489 e. The molecule has 0 atom stereocenters. The third kappa shape index (κ3) is 3.82. The van der Waals surface area contributed by atoms with Crippen molar-refractivity contribution in [3.63, 3.8) is 0 Å². The van der Waals surface area contributed by atoms with Crippen molar-refractivity contribution in [1.82, 2.24) is 5.32 Å². The van der Waals surface area contributed by atoms with Crippen molar-refractivity contribution in [3.8, 4) is 5.75 Å². The number of ether oxygens (including phenoxy) is 1. The van der Waals surface area contributed by atoms with E-state index in [2.05, 4.69) is 5.32 Å². The van der Waals surface area contributed by atoms with Crippen LogP contribution in [0, 0.1) is 6.92 Å². The first kappa shape index (κ1) is 17.0. The molecule has 0 heterocycles. The zero-order valence-electron chi connectivity index (χ0n) is 14.1. The quantitative estimate of drug-likeness (QED) is 0.846. The maximum absolute atomic E-state index is 12.4. The van der Waals surface area contributed by atoms with Crippen LogP contribution in [-0.2, 0) is 11.4 Å². The van der Waals surface area contributed by atoms with Gasteiger partial charge in [-0.25, -0.2) is 4.79 Å². The number of aryl methyl sites for hydroxylation is 1. The second-order valence-electron chi connectivity index (χ2n) is 6.50. The number of carbonyl (C=O) groups is 2. The smallest absolute Gasteiger partial charge is 0.329 e. The van der Waals surface area contributed by atoms with Crippen LogP contribution in [-0.4, -0.2) is 22.5 Å². The lowest BCUT2D eigenvalue weighted by Gasteiger charge is -2.38. The third-order valence-electron chi connectivity index (χ3n) is 4.55. The number of hydrogen-bond acceptors (Lipinski definition) is 3. The minimum absolute atomic E-state index is 0.386. The van der Waals surface area contributed by atoms with Gasteiger partial charge in [0.2, 0.25) is 0 Å². The lowest BCUT2D eigenvalue weighted by molar-refractivity contribution is -0.148. The fourth-order valence-corrected chi connectivity index (χ4v) is 2.91. The van der Waals surface area contributed by atoms with E-state index in [1.807, 2.05) is 31.2 Å². The van der Waals surface area contributed by atoms with Crippen molar-refractivity contribution in [2.75, 3.05) is 0 Å². The fraction of sp³-hybridized carbons (Fsp3) is 0.300. The number of nitrogens with one attached hydrogen (secondary N) is 1. The Hall–Kier alpha value is -2.82. The van der Waals surface area contributed by atoms with E-state index >= 15 is 0 Å². The second-order valence-corrected chi connectivity index (χ2v) is 6.50. The van der Waals surface area contributed by atoms with E-state index in [0.29, 0.717) is 30.8 Å². The Morgan fingerprint density at radius 2 is 1.92 bits per heavy atom. The molecule has 2 N–H and O–H groups in total. The van der Waals surface area contributed by atoms with Crippen LogP contribution in [0.1, 0.15) is 40.7 Å². The van der Waals surface area contributed by atoms with Gasteiger partial charge in [-0.15, -0.1) is 0 Å². The molecule has 0 unspecified atom stereocenters. The Morgan fingerprint density at radius 1 is 1.16 bits per heavy atom. The summed E-state index contributed by atoms with van der Waals surface area (Å²) < 4.78 is 5.76. The molecule has 1 saturated carbocycles. The van der Waals surface area contributed by atoms with E-state index in [0.717, 1.165) is 17.5 Å². The summed E-state index contributed by atoms with van der Waals surface area (Å²) in [5.74, 6) is -0.783. The molecule has 1 amide bonds. The summed E-state index contributed by atoms with van der Waals surface area (Å²) in [4.78, 5) is 23.8. The average Bonchev–Trinajstić information content (AvgIpc) is 2.56. The number of hydrogen-bond donors (Lipinski definition) is 2. The van der Waals surface area contributed by atoms with Crippen molar-refractivity contribution >= 4 is 11.9 Å². The lowest BCUT2D eigenvalue weighted by atomic mass is 9.76. The average molecular weight is 339 g/mol. The standard InChI is InChI=1S/C20H21NO4/c1-14-5-2-6-15(11-14)13-25-17-8-3-7-16(12-17)18(22)21-20(19(23)24)9-4-10-20/h2-3,5-8,11-12H,4,9-10,13H2,1H3,(H,21,22)(H,23,24). The van der Waals surface area contributed by atoms with E-state index in [1.54, 1.807) is 24.3 Å². The molecule has 0 bridgehead atoms. The molecule has 1 fully saturated rings. The first-order valence-electron chi connectivity index (χ1n) is 8.33. The van der Waals surface area contributed by atoms with Gasteiger partial charge in [-0.2, -0.15) is 0 Å². The predicted octanol–water partition coefficient (Wildman–Crippen LogP) is 3.31. The Bertz CT molecular complexity index is 796. The van der Waals surface area contributed by atoms with Gasteiger partial charge in [-0.05, 0) is 49.9 Å². The monoisotopic (exact) mass is 339 g/mol. The summed E-state index contributed by atoms with van der Waals surface area (Å²) in [6.45, 7) is 2.43. The van der Waals surface area contributed by atoms with Crippen molar-refractivity contribution in [3.05, 3.63) is 65.2 Å². The molecule has 2 aromatic rings. The highest BCUT2D eigenvalue weighted by atomic mass is 16.5. The lowest BCUT2D eigenvalue weighted by Crippen LogP contribution is -2.59. The number of carboxylic acids is 1. The Kier molecular flexibility index (Phi) is 4.74. The van der Waals surface area contributed by atoms with Crippen molar-refractivity contribution in [1.29, 1.82) is 0 Å². The topological polar surface area (TPSA) is 75.6 Å². The van der Waals surface area contributed by atoms with Gasteiger partial charge < -0.3 is 15.2 Å². The van der Waals surface area contributed by atoms with Gasteiger partial charge in [0.1, 0.15) is 17.9 Å². The maximum Gasteiger partial charge on any atom is 0.329 e. The van der Waals surface area contributed by atoms with Gasteiger partial charge in [0, 0.05) is 5.56 Å². The van der Waals surface area contributed by atoms with Crippen LogP contribution in [0.5, 0.6) is 5.75 Å². The van der Waals surface area contributed by atoms with Crippen LogP contribution in [0.4, 0.5) is 0 Å². The summed E-state index contributed by atoms with van der Waals surface area (Å²) in [5, 5.41) is 12.0. The normalized spacial score (nSPS) is 15.1. The van der Waals surface area contributed by atoms with Crippen molar-refractivity contribution < 1.29 is 19.4 Å². The highest BCUT2D eigenvalue weighted by molar-refractivity contribution is 5.98. The van der Waals surface area contributed by atoms with Crippen LogP contribution in [0.3, 0.4) is 0 Å². The van der Waals surface area contributed by atoms with Crippen LogP contribution < -0.4 is 10.1 Å².